The highest BCUT2D eigenvalue weighted by Gasteiger charge is 1.95. The Labute approximate surface area is 90.8 Å². The third-order valence-electron chi connectivity index (χ3n) is 1.59. The van der Waals surface area contributed by atoms with Gasteiger partial charge in [-0.25, -0.2) is 0 Å². The number of rotatable bonds is 1. The van der Waals surface area contributed by atoms with Crippen LogP contribution in [0.4, 0.5) is 13.2 Å². The Bertz CT molecular complexity index is 352. The lowest BCUT2D eigenvalue weighted by Crippen LogP contribution is -1.83. The maximum atomic E-state index is 9.67. The molecule has 0 aliphatic rings. The van der Waals surface area contributed by atoms with E-state index in [1.165, 1.54) is 0 Å². The number of aromatic nitrogens is 2. The zero-order chi connectivity index (χ0) is 11.8. The zero-order valence-corrected chi connectivity index (χ0v) is 8.22. The second-order valence-corrected chi connectivity index (χ2v) is 2.68. The summed E-state index contributed by atoms with van der Waals surface area (Å²) in [6.45, 7) is -3.67. The normalized spacial score (nSPS) is 9.50. The number of pyridine rings is 2. The van der Waals surface area contributed by atoms with Crippen molar-refractivity contribution in [1.29, 1.82) is 0 Å². The molecular formula is C11H9F3N2. The van der Waals surface area contributed by atoms with Crippen LogP contribution in [0.1, 0.15) is 0 Å². The van der Waals surface area contributed by atoms with Gasteiger partial charge in [-0.2, -0.15) is 13.2 Å². The molecule has 0 atom stereocenters. The van der Waals surface area contributed by atoms with Crippen molar-refractivity contribution < 1.29 is 13.2 Å². The molecule has 16 heavy (non-hydrogen) atoms. The molecule has 0 unspecified atom stereocenters. The number of nitrogens with zero attached hydrogens (tertiary/aromatic N) is 2. The molecule has 0 spiro atoms. The van der Waals surface area contributed by atoms with Crippen molar-refractivity contribution in [3.05, 3.63) is 48.8 Å². The fraction of sp³-hybridized carbons (Fsp3) is 0.0909. The van der Waals surface area contributed by atoms with Crippen LogP contribution >= 0.6 is 0 Å². The molecule has 2 aromatic rings. The van der Waals surface area contributed by atoms with E-state index in [1.54, 1.807) is 12.4 Å². The first-order chi connectivity index (χ1) is 7.70. The Hall–Kier alpha value is -1.91. The molecule has 2 rings (SSSR count). The highest BCUT2D eigenvalue weighted by atomic mass is 19.4. The van der Waals surface area contributed by atoms with Crippen molar-refractivity contribution >= 4 is 0 Å². The van der Waals surface area contributed by atoms with E-state index in [9.17, 15) is 13.2 Å². The van der Waals surface area contributed by atoms with Crippen molar-refractivity contribution in [2.75, 3.05) is 0 Å². The van der Waals surface area contributed by atoms with Gasteiger partial charge in [0.1, 0.15) is 0 Å². The van der Waals surface area contributed by atoms with Crippen molar-refractivity contribution in [2.45, 2.75) is 6.68 Å². The third kappa shape index (κ3) is 4.54. The van der Waals surface area contributed by atoms with Gasteiger partial charge in [0.25, 0.3) is 0 Å². The molecule has 2 heterocycles. The van der Waals surface area contributed by atoms with Gasteiger partial charge in [0.2, 0.25) is 0 Å². The second-order valence-electron chi connectivity index (χ2n) is 2.68. The molecule has 0 aliphatic carbocycles. The van der Waals surface area contributed by atoms with Crippen LogP contribution in [-0.4, -0.2) is 16.6 Å². The quantitative estimate of drug-likeness (QED) is 0.745. The van der Waals surface area contributed by atoms with Gasteiger partial charge >= 0.3 is 6.68 Å². The molecule has 2 nitrogen and oxygen atoms in total. The van der Waals surface area contributed by atoms with Gasteiger partial charge in [-0.1, -0.05) is 12.1 Å². The minimum Gasteiger partial charge on any atom is -0.255 e. The number of halogens is 3. The lowest BCUT2D eigenvalue weighted by Gasteiger charge is -1.96. The third-order valence-corrected chi connectivity index (χ3v) is 1.59. The maximum Gasteiger partial charge on any atom is 0.379 e. The van der Waals surface area contributed by atoms with E-state index in [2.05, 4.69) is 9.97 Å². The zero-order valence-electron chi connectivity index (χ0n) is 8.22. The summed E-state index contributed by atoms with van der Waals surface area (Å²) >= 11 is 0. The highest BCUT2D eigenvalue weighted by molar-refractivity contribution is 5.52. The van der Waals surface area contributed by atoms with E-state index in [0.717, 1.165) is 11.4 Å². The molecule has 0 aliphatic heterocycles. The predicted octanol–water partition coefficient (Wildman–Crippen LogP) is 3.32. The molecule has 0 N–H and O–H groups in total. The molecule has 0 saturated heterocycles. The summed E-state index contributed by atoms with van der Waals surface area (Å²) in [7, 11) is 0. The minimum atomic E-state index is -3.67. The molecular weight excluding hydrogens is 217 g/mol. The highest BCUT2D eigenvalue weighted by Crippen LogP contribution is 2.10. The van der Waals surface area contributed by atoms with E-state index in [1.807, 2.05) is 36.4 Å². The standard InChI is InChI=1S/C10H8N2.CHF3/c1-3-7-11-9(5-1)10-6-2-4-8-12-10;2-1(3)4/h1-8H;1H. The Balaban J connectivity index is 0.000000280. The van der Waals surface area contributed by atoms with E-state index >= 15 is 0 Å². The van der Waals surface area contributed by atoms with Gasteiger partial charge in [-0.3, -0.25) is 9.97 Å². The van der Waals surface area contributed by atoms with Gasteiger partial charge in [0.05, 0.1) is 11.4 Å². The Morgan fingerprint density at radius 3 is 1.38 bits per heavy atom. The summed E-state index contributed by atoms with van der Waals surface area (Å²) in [5.41, 5.74) is 1.83. The molecule has 0 bridgehead atoms. The van der Waals surface area contributed by atoms with Gasteiger partial charge in [0, 0.05) is 12.4 Å². The molecule has 5 heteroatoms. The number of hydrogen-bond donors (Lipinski definition) is 0. The summed E-state index contributed by atoms with van der Waals surface area (Å²) in [4.78, 5) is 8.37. The van der Waals surface area contributed by atoms with E-state index in [-0.39, 0.29) is 0 Å². The van der Waals surface area contributed by atoms with Crippen LogP contribution in [0, 0.1) is 0 Å². The topological polar surface area (TPSA) is 25.8 Å². The first-order valence-electron chi connectivity index (χ1n) is 4.45. The fourth-order valence-corrected chi connectivity index (χ4v) is 1.03. The lowest BCUT2D eigenvalue weighted by molar-refractivity contribution is 0.00819. The smallest absolute Gasteiger partial charge is 0.255 e. The second kappa shape index (κ2) is 6.55. The van der Waals surface area contributed by atoms with Gasteiger partial charge in [-0.05, 0) is 24.3 Å². The molecule has 0 amide bonds. The monoisotopic (exact) mass is 226 g/mol. The average Bonchev–Trinajstić information content (AvgIpc) is 2.31. The van der Waals surface area contributed by atoms with Crippen LogP contribution in [0.25, 0.3) is 11.4 Å². The van der Waals surface area contributed by atoms with Crippen LogP contribution in [0.3, 0.4) is 0 Å². The van der Waals surface area contributed by atoms with E-state index < -0.39 is 6.68 Å². The van der Waals surface area contributed by atoms with Gasteiger partial charge in [-0.15, -0.1) is 0 Å². The first kappa shape index (κ1) is 12.2. The minimum absolute atomic E-state index is 0.915. The van der Waals surface area contributed by atoms with E-state index in [0.29, 0.717) is 0 Å². The summed E-state index contributed by atoms with van der Waals surface area (Å²) in [6, 6.07) is 11.6. The van der Waals surface area contributed by atoms with Crippen LogP contribution in [0.15, 0.2) is 48.8 Å². The van der Waals surface area contributed by atoms with Crippen molar-refractivity contribution in [2.24, 2.45) is 0 Å². The first-order valence-corrected chi connectivity index (χ1v) is 4.45. The van der Waals surface area contributed by atoms with Crippen LogP contribution in [0.2, 0.25) is 0 Å². The number of alkyl halides is 3. The summed E-state index contributed by atoms with van der Waals surface area (Å²) < 4.78 is 29.0. The Morgan fingerprint density at radius 2 is 1.12 bits per heavy atom. The molecule has 84 valence electrons. The molecule has 2 aromatic heterocycles. The summed E-state index contributed by atoms with van der Waals surface area (Å²) in [5, 5.41) is 0. The molecule has 0 aromatic carbocycles. The lowest BCUT2D eigenvalue weighted by atomic mass is 10.2. The molecule has 0 fully saturated rings. The fourth-order valence-electron chi connectivity index (χ4n) is 1.03. The van der Waals surface area contributed by atoms with Gasteiger partial charge < -0.3 is 0 Å². The largest absolute Gasteiger partial charge is 0.379 e. The Morgan fingerprint density at radius 1 is 0.750 bits per heavy atom. The maximum absolute atomic E-state index is 9.67. The average molecular weight is 226 g/mol. The van der Waals surface area contributed by atoms with E-state index in [4.69, 9.17) is 0 Å². The molecule has 0 saturated carbocycles. The Kier molecular flexibility index (Phi) is 4.98. The van der Waals surface area contributed by atoms with Crippen molar-refractivity contribution in [3.63, 3.8) is 0 Å². The van der Waals surface area contributed by atoms with Crippen molar-refractivity contribution in [3.8, 4) is 11.4 Å². The van der Waals surface area contributed by atoms with Crippen LogP contribution < -0.4 is 0 Å². The molecule has 0 radical (unpaired) electrons. The van der Waals surface area contributed by atoms with Crippen LogP contribution in [-0.2, 0) is 0 Å². The van der Waals surface area contributed by atoms with Crippen LogP contribution in [0.5, 0.6) is 0 Å². The van der Waals surface area contributed by atoms with Crippen molar-refractivity contribution in [1.82, 2.24) is 9.97 Å². The predicted molar refractivity (Wildman–Crippen MR) is 54.6 cm³/mol. The SMILES string of the molecule is FC(F)F.c1ccc(-c2ccccn2)nc1. The summed E-state index contributed by atoms with van der Waals surface area (Å²) in [6.07, 6.45) is 3.54. The summed E-state index contributed by atoms with van der Waals surface area (Å²) in [5.74, 6) is 0. The number of hydrogen-bond acceptors (Lipinski definition) is 2. The van der Waals surface area contributed by atoms with Gasteiger partial charge in [0.15, 0.2) is 0 Å².